The lowest BCUT2D eigenvalue weighted by atomic mass is 9.87. The van der Waals surface area contributed by atoms with Crippen LogP contribution in [0.2, 0.25) is 0 Å². The van der Waals surface area contributed by atoms with Gasteiger partial charge in [-0.15, -0.1) is 10.2 Å². The highest BCUT2D eigenvalue weighted by atomic mass is 32.1. The number of carbonyl (C=O) groups excluding carboxylic acids is 2. The van der Waals surface area contributed by atoms with Gasteiger partial charge in [-0.05, 0) is 36.6 Å². The second-order valence-corrected chi connectivity index (χ2v) is 9.34. The van der Waals surface area contributed by atoms with Gasteiger partial charge in [0.25, 0.3) is 6.47 Å². The summed E-state index contributed by atoms with van der Waals surface area (Å²) in [6, 6.07) is 10.3. The Bertz CT molecular complexity index is 1100. The molecule has 2 aromatic carbocycles. The van der Waals surface area contributed by atoms with Crippen molar-refractivity contribution in [2.75, 3.05) is 0 Å². The molecule has 0 aliphatic heterocycles. The number of phenolic OH excluding ortho intramolecular Hbond substituents is 1. The minimum absolute atomic E-state index is 0.0586. The van der Waals surface area contributed by atoms with Gasteiger partial charge in [0.2, 0.25) is 0 Å². The molecule has 0 amide bonds. The maximum Gasteiger partial charge on any atom is 0.298 e. The summed E-state index contributed by atoms with van der Waals surface area (Å²) in [6.07, 6.45) is 0.340. The minimum atomic E-state index is -0.166. The van der Waals surface area contributed by atoms with E-state index in [0.717, 1.165) is 5.56 Å². The quantitative estimate of drug-likeness (QED) is 0.391. The number of phenols is 1. The Balaban J connectivity index is 1.71. The second-order valence-electron chi connectivity index (χ2n) is 8.28. The predicted octanol–water partition coefficient (Wildman–Crippen LogP) is 4.95. The van der Waals surface area contributed by atoms with E-state index >= 15 is 0 Å². The van der Waals surface area contributed by atoms with Crippen LogP contribution in [0.25, 0.3) is 10.6 Å². The molecule has 7 nitrogen and oxygen atoms in total. The van der Waals surface area contributed by atoms with Crippen molar-refractivity contribution < 1.29 is 24.2 Å². The molecule has 0 aliphatic carbocycles. The zero-order chi connectivity index (χ0) is 22.6. The molecule has 0 fully saturated rings. The van der Waals surface area contributed by atoms with E-state index in [2.05, 4.69) is 10.2 Å². The lowest BCUT2D eigenvalue weighted by Crippen LogP contribution is -2.13. The van der Waals surface area contributed by atoms with Gasteiger partial charge in [0.1, 0.15) is 28.9 Å². The SMILES string of the molecule is Cc1c(OCc2nnc(-c3cccc(OC=O)c3)s2)ccc(C(=O)CC(C)(C)C)c1O. The van der Waals surface area contributed by atoms with Crippen LogP contribution in [0.5, 0.6) is 17.2 Å². The number of aromatic hydroxyl groups is 1. The van der Waals surface area contributed by atoms with Crippen LogP contribution in [0.4, 0.5) is 0 Å². The first kappa shape index (κ1) is 22.4. The molecule has 162 valence electrons. The molecule has 1 N–H and O–H groups in total. The Morgan fingerprint density at radius 3 is 2.68 bits per heavy atom. The van der Waals surface area contributed by atoms with Crippen molar-refractivity contribution >= 4 is 23.6 Å². The first-order chi connectivity index (χ1) is 14.7. The number of Topliss-reactive ketones (excluding diaryl/α,β-unsaturated/α-hetero) is 1. The summed E-state index contributed by atoms with van der Waals surface area (Å²) in [6.45, 7) is 8.19. The van der Waals surface area contributed by atoms with E-state index in [1.807, 2.05) is 26.8 Å². The van der Waals surface area contributed by atoms with Crippen LogP contribution >= 0.6 is 11.3 Å². The molecule has 0 unspecified atom stereocenters. The number of ketones is 1. The Labute approximate surface area is 184 Å². The van der Waals surface area contributed by atoms with Gasteiger partial charge in [0.15, 0.2) is 10.8 Å². The molecule has 0 saturated heterocycles. The summed E-state index contributed by atoms with van der Waals surface area (Å²) >= 11 is 1.35. The highest BCUT2D eigenvalue weighted by molar-refractivity contribution is 7.14. The van der Waals surface area contributed by atoms with Crippen molar-refractivity contribution in [1.29, 1.82) is 0 Å². The molecule has 1 aromatic heterocycles. The van der Waals surface area contributed by atoms with E-state index < -0.39 is 0 Å². The third-order valence-corrected chi connectivity index (χ3v) is 5.40. The lowest BCUT2D eigenvalue weighted by Gasteiger charge is -2.18. The third-order valence-electron chi connectivity index (χ3n) is 4.46. The molecule has 0 bridgehead atoms. The standard InChI is InChI=1S/C23H24N2O5S/c1-14-19(9-8-17(21(14)28)18(27)11-23(2,3)4)29-12-20-24-25-22(31-20)15-6-5-7-16(10-15)30-13-26/h5-10,13,28H,11-12H2,1-4H3. The number of benzene rings is 2. The van der Waals surface area contributed by atoms with E-state index in [0.29, 0.717) is 45.5 Å². The van der Waals surface area contributed by atoms with Crippen molar-refractivity contribution in [3.05, 3.63) is 52.5 Å². The Hall–Kier alpha value is -3.26. The van der Waals surface area contributed by atoms with E-state index in [-0.39, 0.29) is 23.6 Å². The fourth-order valence-corrected chi connectivity index (χ4v) is 3.72. The van der Waals surface area contributed by atoms with Crippen LogP contribution in [0.15, 0.2) is 36.4 Å². The zero-order valence-corrected chi connectivity index (χ0v) is 18.7. The smallest absolute Gasteiger partial charge is 0.298 e. The molecule has 3 aromatic rings. The van der Waals surface area contributed by atoms with Crippen LogP contribution in [0.1, 0.15) is 48.1 Å². The van der Waals surface area contributed by atoms with E-state index in [4.69, 9.17) is 9.47 Å². The van der Waals surface area contributed by atoms with Gasteiger partial charge in [-0.25, -0.2) is 0 Å². The Morgan fingerprint density at radius 1 is 1.19 bits per heavy atom. The number of rotatable bonds is 8. The summed E-state index contributed by atoms with van der Waals surface area (Å²) < 4.78 is 10.7. The highest BCUT2D eigenvalue weighted by Crippen LogP contribution is 2.34. The molecule has 8 heteroatoms. The number of hydrogen-bond donors (Lipinski definition) is 1. The number of aromatic nitrogens is 2. The van der Waals surface area contributed by atoms with E-state index in [9.17, 15) is 14.7 Å². The van der Waals surface area contributed by atoms with Crippen molar-refractivity contribution in [3.63, 3.8) is 0 Å². The zero-order valence-electron chi connectivity index (χ0n) is 17.8. The van der Waals surface area contributed by atoms with Crippen LogP contribution in [-0.2, 0) is 11.4 Å². The normalized spacial score (nSPS) is 11.2. The summed E-state index contributed by atoms with van der Waals surface area (Å²) in [4.78, 5) is 23.0. The van der Waals surface area contributed by atoms with Crippen LogP contribution in [-0.4, -0.2) is 27.6 Å². The molecule has 3 rings (SSSR count). The van der Waals surface area contributed by atoms with Gasteiger partial charge in [-0.2, -0.15) is 0 Å². The molecule has 0 aliphatic rings. The molecule has 31 heavy (non-hydrogen) atoms. The molecular weight excluding hydrogens is 416 g/mol. The van der Waals surface area contributed by atoms with E-state index in [1.165, 1.54) is 11.3 Å². The van der Waals surface area contributed by atoms with Gasteiger partial charge in [0.05, 0.1) is 5.56 Å². The van der Waals surface area contributed by atoms with Gasteiger partial charge >= 0.3 is 0 Å². The number of ether oxygens (including phenoxy) is 2. The second kappa shape index (κ2) is 9.26. The topological polar surface area (TPSA) is 98.6 Å². The van der Waals surface area contributed by atoms with Crippen LogP contribution < -0.4 is 9.47 Å². The fraction of sp³-hybridized carbons (Fsp3) is 0.304. The van der Waals surface area contributed by atoms with Gasteiger partial charge in [-0.1, -0.05) is 44.2 Å². The van der Waals surface area contributed by atoms with Crippen molar-refractivity contribution in [1.82, 2.24) is 10.2 Å². The van der Waals surface area contributed by atoms with Gasteiger partial charge in [0, 0.05) is 17.5 Å². The molecule has 0 spiro atoms. The molecule has 1 heterocycles. The fourth-order valence-electron chi connectivity index (χ4n) is 2.97. The molecule has 0 radical (unpaired) electrons. The summed E-state index contributed by atoms with van der Waals surface area (Å²) in [7, 11) is 0. The molecule has 0 atom stereocenters. The largest absolute Gasteiger partial charge is 0.507 e. The lowest BCUT2D eigenvalue weighted by molar-refractivity contribution is -0.120. The third kappa shape index (κ3) is 5.67. The van der Waals surface area contributed by atoms with Gasteiger partial charge < -0.3 is 14.6 Å². The average molecular weight is 441 g/mol. The minimum Gasteiger partial charge on any atom is -0.507 e. The van der Waals surface area contributed by atoms with Crippen molar-refractivity contribution in [2.45, 2.75) is 40.7 Å². The average Bonchev–Trinajstić information content (AvgIpc) is 3.17. The highest BCUT2D eigenvalue weighted by Gasteiger charge is 2.22. The first-order valence-electron chi connectivity index (χ1n) is 9.69. The van der Waals surface area contributed by atoms with Crippen LogP contribution in [0, 0.1) is 12.3 Å². The maximum absolute atomic E-state index is 12.5. The number of carbonyl (C=O) groups is 2. The van der Waals surface area contributed by atoms with Crippen LogP contribution in [0.3, 0.4) is 0 Å². The van der Waals surface area contributed by atoms with E-state index in [1.54, 1.807) is 37.3 Å². The summed E-state index contributed by atoms with van der Waals surface area (Å²) in [5.41, 5.74) is 1.42. The monoisotopic (exact) mass is 440 g/mol. The summed E-state index contributed by atoms with van der Waals surface area (Å²) in [5, 5.41) is 20.1. The molecule has 0 saturated carbocycles. The van der Waals surface area contributed by atoms with Crippen molar-refractivity contribution in [2.24, 2.45) is 5.41 Å². The first-order valence-corrected chi connectivity index (χ1v) is 10.5. The Morgan fingerprint density at radius 2 is 1.97 bits per heavy atom. The van der Waals surface area contributed by atoms with Gasteiger partial charge in [-0.3, -0.25) is 9.59 Å². The number of hydrogen-bond acceptors (Lipinski definition) is 8. The maximum atomic E-state index is 12.5. The van der Waals surface area contributed by atoms with Crippen molar-refractivity contribution in [3.8, 4) is 27.8 Å². The summed E-state index contributed by atoms with van der Waals surface area (Å²) in [5.74, 6) is 0.738. The predicted molar refractivity (Wildman–Crippen MR) is 118 cm³/mol. The molecular formula is C23H24N2O5S. The Kier molecular flexibility index (Phi) is 6.70. The number of nitrogens with zero attached hydrogens (tertiary/aromatic N) is 2.